The average molecular weight is 236 g/mol. The standard InChI is InChI=1S/C14H20O3/c1-3-10-6-5-7-11(8-10)17-13-9-12(15)14(13)16-4-2/h5-8,12-15H,3-4,9H2,1-2H3. The highest BCUT2D eigenvalue weighted by Crippen LogP contribution is 2.29. The number of aliphatic hydroxyl groups is 1. The van der Waals surface area contributed by atoms with Crippen molar-refractivity contribution in [1.82, 2.24) is 0 Å². The maximum absolute atomic E-state index is 9.58. The molecule has 1 aliphatic carbocycles. The van der Waals surface area contributed by atoms with Crippen LogP contribution in [0, 0.1) is 0 Å². The van der Waals surface area contributed by atoms with Crippen molar-refractivity contribution >= 4 is 0 Å². The Bertz CT molecular complexity index is 364. The molecule has 3 unspecified atom stereocenters. The van der Waals surface area contributed by atoms with Crippen LogP contribution in [0.15, 0.2) is 24.3 Å². The lowest BCUT2D eigenvalue weighted by molar-refractivity contribution is -0.160. The summed E-state index contributed by atoms with van der Waals surface area (Å²) in [7, 11) is 0. The minimum atomic E-state index is -0.380. The van der Waals surface area contributed by atoms with Gasteiger partial charge in [-0.1, -0.05) is 19.1 Å². The fourth-order valence-electron chi connectivity index (χ4n) is 2.10. The van der Waals surface area contributed by atoms with Crippen molar-refractivity contribution in [2.45, 2.75) is 45.0 Å². The van der Waals surface area contributed by atoms with E-state index in [0.717, 1.165) is 12.2 Å². The summed E-state index contributed by atoms with van der Waals surface area (Å²) in [6.45, 7) is 4.66. The Morgan fingerprint density at radius 1 is 1.35 bits per heavy atom. The molecule has 1 aromatic rings. The summed E-state index contributed by atoms with van der Waals surface area (Å²) >= 11 is 0. The van der Waals surface area contributed by atoms with E-state index in [1.165, 1.54) is 5.56 Å². The molecule has 1 aromatic carbocycles. The van der Waals surface area contributed by atoms with Crippen LogP contribution < -0.4 is 4.74 Å². The molecule has 0 radical (unpaired) electrons. The van der Waals surface area contributed by atoms with Gasteiger partial charge in [0.1, 0.15) is 18.0 Å². The van der Waals surface area contributed by atoms with Crippen LogP contribution >= 0.6 is 0 Å². The molecule has 3 nitrogen and oxygen atoms in total. The molecule has 1 fully saturated rings. The molecule has 0 aliphatic heterocycles. The molecule has 0 heterocycles. The van der Waals surface area contributed by atoms with E-state index in [1.54, 1.807) is 0 Å². The van der Waals surface area contributed by atoms with E-state index in [0.29, 0.717) is 13.0 Å². The highest BCUT2D eigenvalue weighted by atomic mass is 16.6. The maximum Gasteiger partial charge on any atom is 0.130 e. The number of rotatable bonds is 5. The predicted octanol–water partition coefficient (Wildman–Crippen LogP) is 2.17. The molecule has 94 valence electrons. The smallest absolute Gasteiger partial charge is 0.130 e. The van der Waals surface area contributed by atoms with Crippen LogP contribution in [0.1, 0.15) is 25.8 Å². The zero-order valence-corrected chi connectivity index (χ0v) is 10.4. The van der Waals surface area contributed by atoms with Gasteiger partial charge in [0.25, 0.3) is 0 Å². The summed E-state index contributed by atoms with van der Waals surface area (Å²) in [4.78, 5) is 0. The number of aryl methyl sites for hydroxylation is 1. The number of benzene rings is 1. The largest absolute Gasteiger partial charge is 0.488 e. The van der Waals surface area contributed by atoms with Crippen LogP contribution in [0.3, 0.4) is 0 Å². The van der Waals surface area contributed by atoms with Gasteiger partial charge >= 0.3 is 0 Å². The Labute approximate surface area is 102 Å². The van der Waals surface area contributed by atoms with Gasteiger partial charge in [-0.25, -0.2) is 0 Å². The maximum atomic E-state index is 9.58. The lowest BCUT2D eigenvalue weighted by atomic mass is 9.88. The third-order valence-electron chi connectivity index (χ3n) is 3.17. The number of aliphatic hydroxyl groups excluding tert-OH is 1. The normalized spacial score (nSPS) is 27.6. The van der Waals surface area contributed by atoms with E-state index in [4.69, 9.17) is 9.47 Å². The molecule has 1 N–H and O–H groups in total. The van der Waals surface area contributed by atoms with Crippen LogP contribution in [0.2, 0.25) is 0 Å². The first-order valence-corrected chi connectivity index (χ1v) is 6.29. The van der Waals surface area contributed by atoms with Gasteiger partial charge in [0.15, 0.2) is 0 Å². The second-order valence-electron chi connectivity index (χ2n) is 4.38. The van der Waals surface area contributed by atoms with Gasteiger partial charge in [-0.2, -0.15) is 0 Å². The SMILES string of the molecule is CCOC1C(O)CC1Oc1cccc(CC)c1. The lowest BCUT2D eigenvalue weighted by Crippen LogP contribution is -2.55. The van der Waals surface area contributed by atoms with Crippen LogP contribution in [0.4, 0.5) is 0 Å². The van der Waals surface area contributed by atoms with Gasteiger partial charge in [-0.3, -0.25) is 0 Å². The van der Waals surface area contributed by atoms with E-state index < -0.39 is 0 Å². The molecule has 0 saturated heterocycles. The van der Waals surface area contributed by atoms with Crippen molar-refractivity contribution in [2.24, 2.45) is 0 Å². The molecule has 0 amide bonds. The molecule has 0 aromatic heterocycles. The minimum Gasteiger partial charge on any atom is -0.488 e. The van der Waals surface area contributed by atoms with Crippen LogP contribution in [-0.4, -0.2) is 30.0 Å². The lowest BCUT2D eigenvalue weighted by Gasteiger charge is -2.40. The molecule has 17 heavy (non-hydrogen) atoms. The minimum absolute atomic E-state index is 0.0166. The zero-order chi connectivity index (χ0) is 12.3. The highest BCUT2D eigenvalue weighted by molar-refractivity contribution is 5.29. The summed E-state index contributed by atoms with van der Waals surface area (Å²) < 4.78 is 11.3. The Morgan fingerprint density at radius 3 is 2.82 bits per heavy atom. The topological polar surface area (TPSA) is 38.7 Å². The molecular formula is C14H20O3. The van der Waals surface area contributed by atoms with E-state index in [9.17, 15) is 5.11 Å². The van der Waals surface area contributed by atoms with Crippen LogP contribution in [0.25, 0.3) is 0 Å². The van der Waals surface area contributed by atoms with Crippen molar-refractivity contribution in [1.29, 1.82) is 0 Å². The summed E-state index contributed by atoms with van der Waals surface area (Å²) in [5.41, 5.74) is 1.26. The van der Waals surface area contributed by atoms with Gasteiger partial charge < -0.3 is 14.6 Å². The molecule has 3 heteroatoms. The van der Waals surface area contributed by atoms with E-state index in [1.807, 2.05) is 25.1 Å². The van der Waals surface area contributed by atoms with E-state index in [-0.39, 0.29) is 18.3 Å². The molecule has 1 saturated carbocycles. The number of hydrogen-bond donors (Lipinski definition) is 1. The van der Waals surface area contributed by atoms with E-state index >= 15 is 0 Å². The Kier molecular flexibility index (Phi) is 4.02. The Balaban J connectivity index is 1.96. The molecular weight excluding hydrogens is 216 g/mol. The summed E-state index contributed by atoms with van der Waals surface area (Å²) in [6, 6.07) is 8.09. The van der Waals surface area contributed by atoms with Crippen LogP contribution in [0.5, 0.6) is 5.75 Å². The second-order valence-corrected chi connectivity index (χ2v) is 4.38. The van der Waals surface area contributed by atoms with Gasteiger partial charge in [0.2, 0.25) is 0 Å². The number of ether oxygens (including phenoxy) is 2. The summed E-state index contributed by atoms with van der Waals surface area (Å²) in [5.74, 6) is 0.867. The van der Waals surface area contributed by atoms with Gasteiger partial charge in [0.05, 0.1) is 6.10 Å². The predicted molar refractivity (Wildman–Crippen MR) is 66.3 cm³/mol. The van der Waals surface area contributed by atoms with Crippen LogP contribution in [-0.2, 0) is 11.2 Å². The average Bonchev–Trinajstić information content (AvgIpc) is 2.36. The summed E-state index contributed by atoms with van der Waals surface area (Å²) in [6.07, 6.45) is 1.08. The van der Waals surface area contributed by atoms with Crippen molar-refractivity contribution in [3.63, 3.8) is 0 Å². The zero-order valence-electron chi connectivity index (χ0n) is 10.4. The van der Waals surface area contributed by atoms with Crippen molar-refractivity contribution in [3.8, 4) is 5.75 Å². The Morgan fingerprint density at radius 2 is 2.18 bits per heavy atom. The molecule has 0 bridgehead atoms. The first-order valence-electron chi connectivity index (χ1n) is 6.29. The van der Waals surface area contributed by atoms with Gasteiger partial charge in [-0.05, 0) is 31.0 Å². The van der Waals surface area contributed by atoms with Crippen molar-refractivity contribution in [2.75, 3.05) is 6.61 Å². The second kappa shape index (κ2) is 5.52. The van der Waals surface area contributed by atoms with Crippen molar-refractivity contribution < 1.29 is 14.6 Å². The quantitative estimate of drug-likeness (QED) is 0.851. The first kappa shape index (κ1) is 12.4. The molecule has 3 atom stereocenters. The number of hydrogen-bond acceptors (Lipinski definition) is 3. The molecule has 2 rings (SSSR count). The molecule has 1 aliphatic rings. The van der Waals surface area contributed by atoms with Gasteiger partial charge in [0, 0.05) is 13.0 Å². The first-order chi connectivity index (χ1) is 8.24. The van der Waals surface area contributed by atoms with Crippen molar-refractivity contribution in [3.05, 3.63) is 29.8 Å². The Hall–Kier alpha value is -1.06. The fourth-order valence-corrected chi connectivity index (χ4v) is 2.10. The molecule has 0 spiro atoms. The third kappa shape index (κ3) is 2.79. The monoisotopic (exact) mass is 236 g/mol. The van der Waals surface area contributed by atoms with Gasteiger partial charge in [-0.15, -0.1) is 0 Å². The van der Waals surface area contributed by atoms with E-state index in [2.05, 4.69) is 13.0 Å². The fraction of sp³-hybridized carbons (Fsp3) is 0.571. The highest BCUT2D eigenvalue weighted by Gasteiger charge is 2.42. The summed E-state index contributed by atoms with van der Waals surface area (Å²) in [5, 5.41) is 9.58. The third-order valence-corrected chi connectivity index (χ3v) is 3.17.